The summed E-state index contributed by atoms with van der Waals surface area (Å²) in [4.78, 5) is 11.9. The molecule has 24 heavy (non-hydrogen) atoms. The summed E-state index contributed by atoms with van der Waals surface area (Å²) < 4.78 is 0. The van der Waals surface area contributed by atoms with Crippen LogP contribution >= 0.6 is 0 Å². The lowest BCUT2D eigenvalue weighted by atomic mass is 9.91. The topological polar surface area (TPSA) is 28.5 Å². The number of pyridine rings is 1. The third-order valence-corrected chi connectivity index (χ3v) is 5.19. The van der Waals surface area contributed by atoms with Crippen molar-refractivity contribution >= 4 is 5.71 Å². The molecule has 0 radical (unpaired) electrons. The molecule has 1 aromatic heterocycles. The minimum absolute atomic E-state index is 0.897. The first-order valence-corrected chi connectivity index (χ1v) is 9.24. The van der Waals surface area contributed by atoms with Gasteiger partial charge in [0.15, 0.2) is 0 Å². The van der Waals surface area contributed by atoms with Gasteiger partial charge in [-0.05, 0) is 75.3 Å². The highest BCUT2D eigenvalue weighted by atomic mass is 15.1. The minimum Gasteiger partial charge on any atom is -0.292 e. The van der Waals surface area contributed by atoms with Crippen molar-refractivity contribution in [3.8, 4) is 0 Å². The highest BCUT2D eigenvalue weighted by Crippen LogP contribution is 2.24. The molecule has 0 N–H and O–H groups in total. The van der Waals surface area contributed by atoms with Crippen LogP contribution in [-0.4, -0.2) is 28.7 Å². The molecule has 3 heteroatoms. The standard InChI is InChI=1S/C21H29N3/c1-4-24(14-20-17(3)10-9-16(2)13-23-20)15-21-19-8-6-5-7-18(19)11-12-22-21/h10-13H,4-9,14-15H2,1-3H3. The summed E-state index contributed by atoms with van der Waals surface area (Å²) in [5, 5.41) is 0. The molecule has 2 heterocycles. The molecule has 1 aliphatic heterocycles. The maximum absolute atomic E-state index is 4.73. The maximum Gasteiger partial charge on any atom is 0.0578 e. The zero-order valence-electron chi connectivity index (χ0n) is 15.3. The Hall–Kier alpha value is -1.74. The van der Waals surface area contributed by atoms with Crippen LogP contribution in [0, 0.1) is 0 Å². The van der Waals surface area contributed by atoms with Crippen LogP contribution in [0.15, 0.2) is 40.7 Å². The second kappa shape index (κ2) is 7.89. The van der Waals surface area contributed by atoms with Crippen molar-refractivity contribution in [3.05, 3.63) is 52.5 Å². The Morgan fingerprint density at radius 2 is 1.96 bits per heavy atom. The molecule has 0 amide bonds. The smallest absolute Gasteiger partial charge is 0.0578 e. The summed E-state index contributed by atoms with van der Waals surface area (Å²) in [7, 11) is 0. The van der Waals surface area contributed by atoms with Crippen molar-refractivity contribution in [1.29, 1.82) is 0 Å². The zero-order chi connectivity index (χ0) is 16.9. The van der Waals surface area contributed by atoms with E-state index >= 15 is 0 Å². The molecule has 0 bridgehead atoms. The highest BCUT2D eigenvalue weighted by molar-refractivity contribution is 6.01. The Bertz CT molecular complexity index is 682. The Balaban J connectivity index is 1.76. The van der Waals surface area contributed by atoms with Crippen LogP contribution in [-0.2, 0) is 19.4 Å². The largest absolute Gasteiger partial charge is 0.292 e. The summed E-state index contributed by atoms with van der Waals surface area (Å²) >= 11 is 0. The van der Waals surface area contributed by atoms with Gasteiger partial charge in [-0.3, -0.25) is 14.9 Å². The Labute approximate surface area is 146 Å². The van der Waals surface area contributed by atoms with Crippen LogP contribution in [0.25, 0.3) is 0 Å². The monoisotopic (exact) mass is 323 g/mol. The van der Waals surface area contributed by atoms with Crippen LogP contribution < -0.4 is 0 Å². The molecule has 0 saturated carbocycles. The normalized spacial score (nSPS) is 17.8. The van der Waals surface area contributed by atoms with Gasteiger partial charge in [0, 0.05) is 25.5 Å². The zero-order valence-corrected chi connectivity index (χ0v) is 15.3. The molecule has 2 aliphatic rings. The lowest BCUT2D eigenvalue weighted by Crippen LogP contribution is -2.31. The molecule has 0 saturated heterocycles. The maximum atomic E-state index is 4.73. The fourth-order valence-electron chi connectivity index (χ4n) is 3.52. The van der Waals surface area contributed by atoms with E-state index in [4.69, 9.17) is 9.98 Å². The predicted molar refractivity (Wildman–Crippen MR) is 101 cm³/mol. The number of rotatable bonds is 5. The van der Waals surface area contributed by atoms with Gasteiger partial charge in [-0.2, -0.15) is 0 Å². The van der Waals surface area contributed by atoms with Gasteiger partial charge in [0.25, 0.3) is 0 Å². The van der Waals surface area contributed by atoms with Gasteiger partial charge in [0.05, 0.1) is 11.4 Å². The number of aromatic nitrogens is 1. The molecule has 0 fully saturated rings. The van der Waals surface area contributed by atoms with E-state index < -0.39 is 0 Å². The first kappa shape index (κ1) is 17.1. The molecular weight excluding hydrogens is 294 g/mol. The van der Waals surface area contributed by atoms with Crippen molar-refractivity contribution < 1.29 is 0 Å². The third-order valence-electron chi connectivity index (χ3n) is 5.19. The summed E-state index contributed by atoms with van der Waals surface area (Å²) in [5.41, 5.74) is 8.13. The molecular formula is C21H29N3. The van der Waals surface area contributed by atoms with E-state index in [0.29, 0.717) is 0 Å². The molecule has 1 aromatic rings. The number of aliphatic imine (C=N–C) groups is 1. The Morgan fingerprint density at radius 1 is 1.12 bits per heavy atom. The Morgan fingerprint density at radius 3 is 2.79 bits per heavy atom. The minimum atomic E-state index is 0.897. The SMILES string of the molecule is CCN(CC1=NC=C(C)CC=C1C)Cc1nccc2c1CCCC2. The van der Waals surface area contributed by atoms with Crippen molar-refractivity contribution in [3.63, 3.8) is 0 Å². The van der Waals surface area contributed by atoms with Gasteiger partial charge < -0.3 is 0 Å². The van der Waals surface area contributed by atoms with Gasteiger partial charge in [-0.15, -0.1) is 0 Å². The molecule has 0 aromatic carbocycles. The quantitative estimate of drug-likeness (QED) is 0.799. The predicted octanol–water partition coefficient (Wildman–Crippen LogP) is 4.48. The second-order valence-electron chi connectivity index (χ2n) is 7.05. The van der Waals surface area contributed by atoms with Crippen LogP contribution in [0.1, 0.15) is 56.9 Å². The summed E-state index contributed by atoms with van der Waals surface area (Å²) in [6.45, 7) is 9.39. The fourth-order valence-corrected chi connectivity index (χ4v) is 3.52. The van der Waals surface area contributed by atoms with Crippen LogP contribution in [0.3, 0.4) is 0 Å². The number of allylic oxidation sites excluding steroid dienone is 2. The summed E-state index contributed by atoms with van der Waals surface area (Å²) in [5.74, 6) is 0. The molecule has 0 atom stereocenters. The van der Waals surface area contributed by atoms with E-state index in [9.17, 15) is 0 Å². The fraction of sp³-hybridized carbons (Fsp3) is 0.524. The van der Waals surface area contributed by atoms with Crippen LogP contribution in [0.5, 0.6) is 0 Å². The number of hydrogen-bond donors (Lipinski definition) is 0. The van der Waals surface area contributed by atoms with Crippen molar-refractivity contribution in [2.75, 3.05) is 13.1 Å². The third kappa shape index (κ3) is 4.02. The first-order valence-electron chi connectivity index (χ1n) is 9.24. The molecule has 0 spiro atoms. The van der Waals surface area contributed by atoms with E-state index in [1.54, 1.807) is 0 Å². The van der Waals surface area contributed by atoms with E-state index in [1.165, 1.54) is 59.4 Å². The van der Waals surface area contributed by atoms with Gasteiger partial charge in [0.1, 0.15) is 0 Å². The van der Waals surface area contributed by atoms with Gasteiger partial charge in [-0.25, -0.2) is 0 Å². The molecule has 3 rings (SSSR count). The van der Waals surface area contributed by atoms with Crippen molar-refractivity contribution in [2.24, 2.45) is 4.99 Å². The summed E-state index contributed by atoms with van der Waals surface area (Å²) in [6.07, 6.45) is 12.4. The van der Waals surface area contributed by atoms with E-state index in [-0.39, 0.29) is 0 Å². The molecule has 1 aliphatic carbocycles. The number of nitrogens with zero attached hydrogens (tertiary/aromatic N) is 3. The number of aryl methyl sites for hydroxylation is 1. The van der Waals surface area contributed by atoms with Crippen LogP contribution in [0.2, 0.25) is 0 Å². The van der Waals surface area contributed by atoms with E-state index in [2.05, 4.69) is 37.8 Å². The van der Waals surface area contributed by atoms with Gasteiger partial charge >= 0.3 is 0 Å². The lowest BCUT2D eigenvalue weighted by molar-refractivity contribution is 0.314. The molecule has 3 nitrogen and oxygen atoms in total. The van der Waals surface area contributed by atoms with Crippen molar-refractivity contribution in [2.45, 2.75) is 59.4 Å². The Kier molecular flexibility index (Phi) is 5.62. The number of fused-ring (bicyclic) bond motifs is 1. The average molecular weight is 323 g/mol. The molecule has 128 valence electrons. The van der Waals surface area contributed by atoms with Gasteiger partial charge in [0.2, 0.25) is 0 Å². The highest BCUT2D eigenvalue weighted by Gasteiger charge is 2.17. The summed E-state index contributed by atoms with van der Waals surface area (Å²) in [6, 6.07) is 2.21. The number of hydrogen-bond acceptors (Lipinski definition) is 3. The molecule has 0 unspecified atom stereocenters. The van der Waals surface area contributed by atoms with E-state index in [1.807, 2.05) is 12.4 Å². The average Bonchev–Trinajstić information content (AvgIpc) is 2.77. The van der Waals surface area contributed by atoms with Crippen molar-refractivity contribution in [1.82, 2.24) is 9.88 Å². The van der Waals surface area contributed by atoms with E-state index in [0.717, 1.165) is 26.1 Å². The van der Waals surface area contributed by atoms with Crippen LogP contribution in [0.4, 0.5) is 0 Å². The second-order valence-corrected chi connectivity index (χ2v) is 7.05. The lowest BCUT2D eigenvalue weighted by Gasteiger charge is -2.24. The van der Waals surface area contributed by atoms with Gasteiger partial charge in [-0.1, -0.05) is 18.6 Å². The first-order chi connectivity index (χ1) is 11.7.